The second kappa shape index (κ2) is 6.62. The molecule has 0 bridgehead atoms. The summed E-state index contributed by atoms with van der Waals surface area (Å²) < 4.78 is 5.09. The van der Waals surface area contributed by atoms with E-state index in [1.165, 1.54) is 18.4 Å². The van der Waals surface area contributed by atoms with Crippen LogP contribution in [-0.4, -0.2) is 24.1 Å². The molecule has 116 valence electrons. The standard InChI is InChI=1S/C16H17NO4S/c1-9-6-10(2)8-11(7-9)13(16(19)20)17-15(18)14-12(21-3)4-5-22-14/h4-8,13H,1-3H3,(H,17,18)(H,19,20). The molecule has 0 saturated carbocycles. The summed E-state index contributed by atoms with van der Waals surface area (Å²) in [6, 6.07) is 6.05. The molecular weight excluding hydrogens is 302 g/mol. The van der Waals surface area contributed by atoms with E-state index in [1.807, 2.05) is 19.9 Å². The number of aryl methyl sites for hydroxylation is 2. The van der Waals surface area contributed by atoms with E-state index < -0.39 is 17.9 Å². The van der Waals surface area contributed by atoms with Crippen LogP contribution in [0.3, 0.4) is 0 Å². The maximum Gasteiger partial charge on any atom is 0.330 e. The summed E-state index contributed by atoms with van der Waals surface area (Å²) in [6.45, 7) is 3.78. The van der Waals surface area contributed by atoms with Crippen molar-refractivity contribution in [1.29, 1.82) is 0 Å². The first kappa shape index (κ1) is 16.0. The number of ether oxygens (including phenoxy) is 1. The topological polar surface area (TPSA) is 75.6 Å². The van der Waals surface area contributed by atoms with E-state index >= 15 is 0 Å². The fourth-order valence-electron chi connectivity index (χ4n) is 2.28. The molecule has 1 aromatic carbocycles. The van der Waals surface area contributed by atoms with Gasteiger partial charge in [0.05, 0.1) is 7.11 Å². The number of carboxylic acids is 1. The first-order valence-corrected chi connectivity index (χ1v) is 7.53. The van der Waals surface area contributed by atoms with Crippen molar-refractivity contribution >= 4 is 23.2 Å². The van der Waals surface area contributed by atoms with E-state index in [4.69, 9.17) is 4.74 Å². The summed E-state index contributed by atoms with van der Waals surface area (Å²) in [5.41, 5.74) is 2.45. The van der Waals surface area contributed by atoms with Crippen molar-refractivity contribution in [1.82, 2.24) is 5.32 Å². The van der Waals surface area contributed by atoms with Crippen molar-refractivity contribution in [3.63, 3.8) is 0 Å². The number of hydrogen-bond acceptors (Lipinski definition) is 4. The highest BCUT2D eigenvalue weighted by Crippen LogP contribution is 2.25. The zero-order valence-electron chi connectivity index (χ0n) is 12.5. The highest BCUT2D eigenvalue weighted by Gasteiger charge is 2.25. The summed E-state index contributed by atoms with van der Waals surface area (Å²) >= 11 is 1.21. The van der Waals surface area contributed by atoms with E-state index in [2.05, 4.69) is 5.32 Å². The number of amides is 1. The van der Waals surface area contributed by atoms with Gasteiger partial charge in [0, 0.05) is 0 Å². The molecule has 0 fully saturated rings. The lowest BCUT2D eigenvalue weighted by molar-refractivity contribution is -0.139. The SMILES string of the molecule is COc1ccsc1C(=O)NC(C(=O)O)c1cc(C)cc(C)c1. The highest BCUT2D eigenvalue weighted by molar-refractivity contribution is 7.12. The van der Waals surface area contributed by atoms with Gasteiger partial charge < -0.3 is 15.2 Å². The summed E-state index contributed by atoms with van der Waals surface area (Å²) in [7, 11) is 1.47. The molecule has 6 heteroatoms. The van der Waals surface area contributed by atoms with Crippen molar-refractivity contribution in [2.24, 2.45) is 0 Å². The monoisotopic (exact) mass is 319 g/mol. The quantitative estimate of drug-likeness (QED) is 0.888. The molecule has 0 aliphatic carbocycles. The lowest BCUT2D eigenvalue weighted by Gasteiger charge is -2.16. The number of benzene rings is 1. The lowest BCUT2D eigenvalue weighted by Crippen LogP contribution is -2.33. The van der Waals surface area contributed by atoms with Crippen molar-refractivity contribution in [3.8, 4) is 5.75 Å². The molecule has 0 saturated heterocycles. The maximum absolute atomic E-state index is 12.3. The zero-order valence-corrected chi connectivity index (χ0v) is 13.4. The lowest BCUT2D eigenvalue weighted by atomic mass is 10.0. The van der Waals surface area contributed by atoms with Gasteiger partial charge in [0.2, 0.25) is 0 Å². The fourth-order valence-corrected chi connectivity index (χ4v) is 3.05. The van der Waals surface area contributed by atoms with Crippen LogP contribution < -0.4 is 10.1 Å². The number of methoxy groups -OCH3 is 1. The molecule has 0 aliphatic rings. The van der Waals surface area contributed by atoms with Gasteiger partial charge in [0.1, 0.15) is 10.6 Å². The summed E-state index contributed by atoms with van der Waals surface area (Å²) in [6.07, 6.45) is 0. The maximum atomic E-state index is 12.3. The fraction of sp³-hybridized carbons (Fsp3) is 0.250. The number of carbonyl (C=O) groups excluding carboxylic acids is 1. The molecule has 5 nitrogen and oxygen atoms in total. The highest BCUT2D eigenvalue weighted by atomic mass is 32.1. The number of carbonyl (C=O) groups is 2. The molecule has 1 aromatic heterocycles. The zero-order chi connectivity index (χ0) is 16.3. The van der Waals surface area contributed by atoms with Gasteiger partial charge in [-0.1, -0.05) is 29.3 Å². The first-order valence-electron chi connectivity index (χ1n) is 6.65. The van der Waals surface area contributed by atoms with E-state index in [0.717, 1.165) is 11.1 Å². The smallest absolute Gasteiger partial charge is 0.330 e. The average molecular weight is 319 g/mol. The predicted molar refractivity (Wildman–Crippen MR) is 84.6 cm³/mol. The van der Waals surface area contributed by atoms with Crippen LogP contribution in [-0.2, 0) is 4.79 Å². The normalized spacial score (nSPS) is 11.8. The van der Waals surface area contributed by atoms with E-state index in [1.54, 1.807) is 23.6 Å². The Labute approximate surface area is 132 Å². The van der Waals surface area contributed by atoms with Crippen LogP contribution in [0.1, 0.15) is 32.4 Å². The van der Waals surface area contributed by atoms with E-state index in [0.29, 0.717) is 16.2 Å². The number of carboxylic acid groups (broad SMARTS) is 1. The molecule has 22 heavy (non-hydrogen) atoms. The Balaban J connectivity index is 2.29. The number of nitrogens with one attached hydrogen (secondary N) is 1. The Bertz CT molecular complexity index is 688. The third-order valence-electron chi connectivity index (χ3n) is 3.15. The summed E-state index contributed by atoms with van der Waals surface area (Å²) in [4.78, 5) is 24.2. The predicted octanol–water partition coefficient (Wildman–Crippen LogP) is 2.93. The number of hydrogen-bond donors (Lipinski definition) is 2. The van der Waals surface area contributed by atoms with Gasteiger partial charge in [-0.25, -0.2) is 4.79 Å². The van der Waals surface area contributed by atoms with Crippen LogP contribution in [0, 0.1) is 13.8 Å². The molecule has 0 spiro atoms. The van der Waals surface area contributed by atoms with Gasteiger partial charge in [0.25, 0.3) is 5.91 Å². The Kier molecular flexibility index (Phi) is 4.82. The minimum absolute atomic E-state index is 0.359. The molecule has 2 aromatic rings. The van der Waals surface area contributed by atoms with Crippen molar-refractivity contribution in [2.45, 2.75) is 19.9 Å². The number of rotatable bonds is 5. The summed E-state index contributed by atoms with van der Waals surface area (Å²) in [5, 5.41) is 13.7. The molecule has 0 radical (unpaired) electrons. The van der Waals surface area contributed by atoms with Crippen molar-refractivity contribution < 1.29 is 19.4 Å². The van der Waals surface area contributed by atoms with Crippen molar-refractivity contribution in [3.05, 3.63) is 51.2 Å². The van der Waals surface area contributed by atoms with Crippen LogP contribution in [0.2, 0.25) is 0 Å². The van der Waals surface area contributed by atoms with Gasteiger partial charge in [-0.05, 0) is 30.9 Å². The molecular formula is C16H17NO4S. The van der Waals surface area contributed by atoms with E-state index in [-0.39, 0.29) is 0 Å². The van der Waals surface area contributed by atoms with E-state index in [9.17, 15) is 14.7 Å². The van der Waals surface area contributed by atoms with Gasteiger partial charge in [-0.15, -0.1) is 11.3 Å². The van der Waals surface area contributed by atoms with Gasteiger partial charge in [-0.2, -0.15) is 0 Å². The van der Waals surface area contributed by atoms with Gasteiger partial charge in [-0.3, -0.25) is 4.79 Å². The molecule has 0 aliphatic heterocycles. The first-order chi connectivity index (χ1) is 10.4. The third kappa shape index (κ3) is 3.46. The molecule has 2 rings (SSSR count). The van der Waals surface area contributed by atoms with Crippen LogP contribution in [0.4, 0.5) is 0 Å². The molecule has 1 atom stereocenters. The van der Waals surface area contributed by atoms with Crippen molar-refractivity contribution in [2.75, 3.05) is 7.11 Å². The Morgan fingerprint density at radius 1 is 1.23 bits per heavy atom. The second-order valence-electron chi connectivity index (χ2n) is 4.98. The Hall–Kier alpha value is -2.34. The Morgan fingerprint density at radius 3 is 2.41 bits per heavy atom. The second-order valence-corrected chi connectivity index (χ2v) is 5.90. The minimum atomic E-state index is -1.10. The molecule has 2 N–H and O–H groups in total. The largest absolute Gasteiger partial charge is 0.495 e. The molecule has 1 amide bonds. The Morgan fingerprint density at radius 2 is 1.86 bits per heavy atom. The number of thiophene rings is 1. The molecule has 1 unspecified atom stereocenters. The molecule has 1 heterocycles. The van der Waals surface area contributed by atoms with Gasteiger partial charge >= 0.3 is 5.97 Å². The minimum Gasteiger partial charge on any atom is -0.495 e. The van der Waals surface area contributed by atoms with Crippen LogP contribution >= 0.6 is 11.3 Å². The third-order valence-corrected chi connectivity index (χ3v) is 4.05. The van der Waals surface area contributed by atoms with Crippen LogP contribution in [0.25, 0.3) is 0 Å². The average Bonchev–Trinajstić information content (AvgIpc) is 2.91. The summed E-state index contributed by atoms with van der Waals surface area (Å²) in [5.74, 6) is -1.13. The van der Waals surface area contributed by atoms with Crippen LogP contribution in [0.5, 0.6) is 5.75 Å². The van der Waals surface area contributed by atoms with Gasteiger partial charge in [0.15, 0.2) is 6.04 Å². The number of aliphatic carboxylic acids is 1. The van der Waals surface area contributed by atoms with Crippen LogP contribution in [0.15, 0.2) is 29.6 Å².